The Morgan fingerprint density at radius 1 is 0.808 bits per heavy atom. The molecule has 0 unspecified atom stereocenters. The van der Waals surface area contributed by atoms with E-state index in [1.165, 1.54) is 0 Å². The van der Waals surface area contributed by atoms with E-state index in [1.54, 1.807) is 30.3 Å². The van der Waals surface area contributed by atoms with E-state index >= 15 is 0 Å². The van der Waals surface area contributed by atoms with Crippen molar-refractivity contribution in [3.8, 4) is 5.75 Å². The lowest BCUT2D eigenvalue weighted by molar-refractivity contribution is -0.121. The highest BCUT2D eigenvalue weighted by molar-refractivity contribution is 6.19. The highest BCUT2D eigenvalue weighted by atomic mass is 16.5. The number of rotatable bonds is 3. The SMILES string of the molecule is O=C(Oc1ccc2ccccc2c1)c1ccc(N2C(=O)CCC2=O)cc1. The normalized spacial score (nSPS) is 14.1. The van der Waals surface area contributed by atoms with Gasteiger partial charge in [0.25, 0.3) is 0 Å². The molecule has 0 atom stereocenters. The van der Waals surface area contributed by atoms with E-state index < -0.39 is 5.97 Å². The highest BCUT2D eigenvalue weighted by Crippen LogP contribution is 2.24. The summed E-state index contributed by atoms with van der Waals surface area (Å²) in [4.78, 5) is 37.0. The molecule has 2 amide bonds. The Kier molecular flexibility index (Phi) is 3.97. The van der Waals surface area contributed by atoms with Crippen LogP contribution in [-0.4, -0.2) is 17.8 Å². The Labute approximate surface area is 149 Å². The molecule has 0 N–H and O–H groups in total. The molecule has 4 rings (SSSR count). The van der Waals surface area contributed by atoms with Gasteiger partial charge in [0.05, 0.1) is 11.3 Å². The zero-order chi connectivity index (χ0) is 18.1. The molecule has 1 saturated heterocycles. The lowest BCUT2D eigenvalue weighted by Crippen LogP contribution is -2.28. The largest absolute Gasteiger partial charge is 0.423 e. The van der Waals surface area contributed by atoms with Crippen LogP contribution in [0, 0.1) is 0 Å². The van der Waals surface area contributed by atoms with Gasteiger partial charge >= 0.3 is 5.97 Å². The zero-order valence-electron chi connectivity index (χ0n) is 13.8. The molecular formula is C21H15NO4. The molecule has 3 aromatic carbocycles. The molecular weight excluding hydrogens is 330 g/mol. The summed E-state index contributed by atoms with van der Waals surface area (Å²) in [5, 5.41) is 2.05. The summed E-state index contributed by atoms with van der Waals surface area (Å²) in [5.74, 6) is -0.475. The number of anilines is 1. The van der Waals surface area contributed by atoms with E-state index in [2.05, 4.69) is 0 Å². The van der Waals surface area contributed by atoms with Crippen LogP contribution in [0.3, 0.4) is 0 Å². The van der Waals surface area contributed by atoms with E-state index in [4.69, 9.17) is 4.74 Å². The Bertz CT molecular complexity index is 1010. The molecule has 1 heterocycles. The molecule has 0 saturated carbocycles. The van der Waals surface area contributed by atoms with Crippen LogP contribution in [-0.2, 0) is 9.59 Å². The lowest BCUT2D eigenvalue weighted by atomic mass is 10.1. The third-order valence-electron chi connectivity index (χ3n) is 4.34. The molecule has 5 nitrogen and oxygen atoms in total. The summed E-state index contributed by atoms with van der Waals surface area (Å²) in [7, 11) is 0. The van der Waals surface area contributed by atoms with Crippen LogP contribution >= 0.6 is 0 Å². The topological polar surface area (TPSA) is 63.7 Å². The maximum Gasteiger partial charge on any atom is 0.343 e. The van der Waals surface area contributed by atoms with E-state index in [9.17, 15) is 14.4 Å². The number of nitrogens with zero attached hydrogens (tertiary/aromatic N) is 1. The van der Waals surface area contributed by atoms with Crippen LogP contribution in [0.1, 0.15) is 23.2 Å². The molecule has 3 aromatic rings. The minimum Gasteiger partial charge on any atom is -0.423 e. The fraction of sp³-hybridized carbons (Fsp3) is 0.0952. The fourth-order valence-electron chi connectivity index (χ4n) is 3.01. The molecule has 0 spiro atoms. The van der Waals surface area contributed by atoms with E-state index in [-0.39, 0.29) is 24.7 Å². The number of imide groups is 1. The maximum absolute atomic E-state index is 12.3. The molecule has 0 bridgehead atoms. The van der Waals surface area contributed by atoms with Crippen LogP contribution in [0.4, 0.5) is 5.69 Å². The first-order chi connectivity index (χ1) is 12.6. The second-order valence-corrected chi connectivity index (χ2v) is 6.07. The Morgan fingerprint density at radius 3 is 2.15 bits per heavy atom. The Balaban J connectivity index is 1.52. The first-order valence-electron chi connectivity index (χ1n) is 8.29. The number of benzene rings is 3. The molecule has 0 aliphatic carbocycles. The van der Waals surface area contributed by atoms with Crippen molar-refractivity contribution in [3.05, 3.63) is 72.3 Å². The molecule has 0 aromatic heterocycles. The van der Waals surface area contributed by atoms with Gasteiger partial charge in [-0.3, -0.25) is 14.5 Å². The highest BCUT2D eigenvalue weighted by Gasteiger charge is 2.30. The minimum absolute atomic E-state index is 0.221. The molecule has 1 fully saturated rings. The number of hydrogen-bond donors (Lipinski definition) is 0. The lowest BCUT2D eigenvalue weighted by Gasteiger charge is -2.14. The minimum atomic E-state index is -0.495. The van der Waals surface area contributed by atoms with Gasteiger partial charge in [0.15, 0.2) is 0 Å². The van der Waals surface area contributed by atoms with Crippen molar-refractivity contribution in [1.82, 2.24) is 0 Å². The zero-order valence-corrected chi connectivity index (χ0v) is 13.8. The van der Waals surface area contributed by atoms with Gasteiger partial charge in [-0.15, -0.1) is 0 Å². The van der Waals surface area contributed by atoms with Gasteiger partial charge in [-0.25, -0.2) is 4.79 Å². The van der Waals surface area contributed by atoms with Crippen molar-refractivity contribution < 1.29 is 19.1 Å². The van der Waals surface area contributed by atoms with Crippen molar-refractivity contribution >= 4 is 34.2 Å². The smallest absolute Gasteiger partial charge is 0.343 e. The predicted molar refractivity (Wildman–Crippen MR) is 97.1 cm³/mol. The summed E-state index contributed by atoms with van der Waals surface area (Å²) in [6, 6.07) is 19.5. The van der Waals surface area contributed by atoms with Crippen molar-refractivity contribution in [1.29, 1.82) is 0 Å². The number of esters is 1. The summed E-state index contributed by atoms with van der Waals surface area (Å²) < 4.78 is 5.43. The monoisotopic (exact) mass is 345 g/mol. The number of amides is 2. The van der Waals surface area contributed by atoms with E-state index in [1.807, 2.05) is 36.4 Å². The van der Waals surface area contributed by atoms with Gasteiger partial charge in [0, 0.05) is 12.8 Å². The summed E-state index contributed by atoms with van der Waals surface area (Å²) >= 11 is 0. The number of fused-ring (bicyclic) bond motifs is 1. The van der Waals surface area contributed by atoms with Crippen LogP contribution < -0.4 is 9.64 Å². The third kappa shape index (κ3) is 2.95. The van der Waals surface area contributed by atoms with E-state index in [0.29, 0.717) is 17.0 Å². The first-order valence-corrected chi connectivity index (χ1v) is 8.29. The van der Waals surface area contributed by atoms with Gasteiger partial charge in [-0.1, -0.05) is 30.3 Å². The number of hydrogen-bond acceptors (Lipinski definition) is 4. The second-order valence-electron chi connectivity index (χ2n) is 6.07. The average Bonchev–Trinajstić information content (AvgIpc) is 3.00. The van der Waals surface area contributed by atoms with Crippen molar-refractivity contribution in [2.45, 2.75) is 12.8 Å². The predicted octanol–water partition coefficient (Wildman–Crippen LogP) is 3.71. The van der Waals surface area contributed by atoms with Crippen molar-refractivity contribution in [2.24, 2.45) is 0 Å². The molecule has 5 heteroatoms. The number of carbonyl (C=O) groups is 3. The molecule has 128 valence electrons. The average molecular weight is 345 g/mol. The van der Waals surface area contributed by atoms with Crippen LogP contribution in [0.15, 0.2) is 66.7 Å². The van der Waals surface area contributed by atoms with Crippen LogP contribution in [0.25, 0.3) is 10.8 Å². The Morgan fingerprint density at radius 2 is 1.46 bits per heavy atom. The Hall–Kier alpha value is -3.47. The van der Waals surface area contributed by atoms with Crippen LogP contribution in [0.2, 0.25) is 0 Å². The van der Waals surface area contributed by atoms with Gasteiger partial charge in [-0.05, 0) is 47.2 Å². The van der Waals surface area contributed by atoms with Crippen LogP contribution in [0.5, 0.6) is 5.75 Å². The first kappa shape index (κ1) is 16.0. The molecule has 1 aliphatic heterocycles. The number of carbonyl (C=O) groups excluding carboxylic acids is 3. The second kappa shape index (κ2) is 6.44. The maximum atomic E-state index is 12.3. The summed E-state index contributed by atoms with van der Waals surface area (Å²) in [5.41, 5.74) is 0.820. The fourth-order valence-corrected chi connectivity index (χ4v) is 3.01. The number of ether oxygens (including phenoxy) is 1. The standard InChI is InChI=1S/C21H15NO4/c23-19-11-12-20(24)22(19)17-8-5-15(6-9-17)21(25)26-18-10-7-14-3-1-2-4-16(14)13-18/h1-10,13H,11-12H2. The van der Waals surface area contributed by atoms with Crippen molar-refractivity contribution in [2.75, 3.05) is 4.90 Å². The van der Waals surface area contributed by atoms with Gasteiger partial charge in [0.1, 0.15) is 5.75 Å². The van der Waals surface area contributed by atoms with Gasteiger partial charge in [-0.2, -0.15) is 0 Å². The third-order valence-corrected chi connectivity index (χ3v) is 4.34. The molecule has 0 radical (unpaired) electrons. The summed E-state index contributed by atoms with van der Waals surface area (Å²) in [6.45, 7) is 0. The summed E-state index contributed by atoms with van der Waals surface area (Å²) in [6.07, 6.45) is 0.454. The van der Waals surface area contributed by atoms with Gasteiger partial charge < -0.3 is 4.74 Å². The quantitative estimate of drug-likeness (QED) is 0.412. The molecule has 1 aliphatic rings. The molecule has 26 heavy (non-hydrogen) atoms. The van der Waals surface area contributed by atoms with Crippen molar-refractivity contribution in [3.63, 3.8) is 0 Å². The van der Waals surface area contributed by atoms with Gasteiger partial charge in [0.2, 0.25) is 11.8 Å². The van der Waals surface area contributed by atoms with E-state index in [0.717, 1.165) is 15.7 Å².